The predicted molar refractivity (Wildman–Crippen MR) is 203 cm³/mol. The fraction of sp³-hybridized carbons (Fsp3) is 0.857. The Bertz CT molecular complexity index is 840. The Balaban J connectivity index is 4.08. The lowest BCUT2D eigenvalue weighted by Crippen LogP contribution is -2.30. The maximum Gasteiger partial charge on any atom is 0.309 e. The van der Waals surface area contributed by atoms with Gasteiger partial charge in [-0.05, 0) is 38.5 Å². The summed E-state index contributed by atoms with van der Waals surface area (Å²) in [6.07, 6.45) is 36.5. The average Bonchev–Trinajstić information content (AvgIpc) is 3.09. The van der Waals surface area contributed by atoms with Crippen molar-refractivity contribution in [2.75, 3.05) is 6.61 Å². The minimum Gasteiger partial charge on any atom is -0.481 e. The minimum atomic E-state index is -1.38. The van der Waals surface area contributed by atoms with Crippen LogP contribution in [0.1, 0.15) is 219 Å². The molecule has 0 aromatic rings. The highest BCUT2D eigenvalue weighted by Crippen LogP contribution is 2.15. The van der Waals surface area contributed by atoms with Crippen LogP contribution in [0.25, 0.3) is 0 Å². The van der Waals surface area contributed by atoms with Gasteiger partial charge in [-0.3, -0.25) is 19.2 Å². The third kappa shape index (κ3) is 36.9. The van der Waals surface area contributed by atoms with Crippen molar-refractivity contribution >= 4 is 23.9 Å². The minimum absolute atomic E-state index is 0.175. The summed E-state index contributed by atoms with van der Waals surface area (Å²) in [6, 6.07) is 0. The first kappa shape index (κ1) is 47.6. The topological polar surface area (TPSA) is 116 Å². The number of allylic oxidation sites excluding steroid dienone is 2. The van der Waals surface area contributed by atoms with Gasteiger partial charge in [-0.1, -0.05) is 167 Å². The molecule has 50 heavy (non-hydrogen) atoms. The van der Waals surface area contributed by atoms with Gasteiger partial charge in [0.05, 0.1) is 12.8 Å². The summed E-state index contributed by atoms with van der Waals surface area (Å²) in [5, 5.41) is 8.85. The van der Waals surface area contributed by atoms with Crippen LogP contribution in [0.4, 0.5) is 0 Å². The molecule has 292 valence electrons. The van der Waals surface area contributed by atoms with Crippen molar-refractivity contribution in [2.45, 2.75) is 226 Å². The number of hydrogen-bond acceptors (Lipinski definition) is 7. The molecule has 1 unspecified atom stereocenters. The molecule has 8 heteroatoms. The maximum atomic E-state index is 12.5. The molecular formula is C42H76O8. The van der Waals surface area contributed by atoms with Crippen LogP contribution in [0.15, 0.2) is 12.2 Å². The molecule has 0 radical (unpaired) electrons. The number of aliphatic carboxylic acids is 1. The lowest BCUT2D eigenvalue weighted by molar-refractivity contribution is -0.200. The third-order valence-electron chi connectivity index (χ3n) is 9.08. The van der Waals surface area contributed by atoms with Crippen LogP contribution in [0.5, 0.6) is 0 Å². The molecule has 0 saturated carbocycles. The van der Waals surface area contributed by atoms with E-state index in [2.05, 4.69) is 26.0 Å². The van der Waals surface area contributed by atoms with Crippen LogP contribution in [0, 0.1) is 0 Å². The number of ether oxygens (including phenoxy) is 3. The van der Waals surface area contributed by atoms with Gasteiger partial charge in [0.25, 0.3) is 6.29 Å². The molecule has 0 aromatic carbocycles. The Kier molecular flexibility index (Phi) is 36.1. The maximum absolute atomic E-state index is 12.5. The smallest absolute Gasteiger partial charge is 0.309 e. The van der Waals surface area contributed by atoms with E-state index >= 15 is 0 Å². The standard InChI is InChI=1S/C42H76O8/c1-3-5-7-9-11-13-15-17-19-21-23-25-27-29-31-33-39(45)48-37-42(50-41(47)36-35-38(43)44)49-40(46)34-32-30-28-26-24-22-20-18-16-14-12-10-8-6-4-2/h18,20,42H,3-17,19,21-37H2,1-2H3,(H,43,44)/b20-18-. The van der Waals surface area contributed by atoms with Crippen LogP contribution in [0.2, 0.25) is 0 Å². The molecule has 0 aromatic heterocycles. The van der Waals surface area contributed by atoms with Crippen molar-refractivity contribution < 1.29 is 38.5 Å². The second kappa shape index (κ2) is 37.9. The molecule has 1 atom stereocenters. The molecule has 0 heterocycles. The molecule has 1 N–H and O–H groups in total. The van der Waals surface area contributed by atoms with Gasteiger partial charge in [0.2, 0.25) is 0 Å². The van der Waals surface area contributed by atoms with E-state index in [1.807, 2.05) is 0 Å². The molecule has 0 saturated heterocycles. The number of carboxylic acids is 1. The molecule has 0 aliphatic rings. The normalized spacial score (nSPS) is 11.9. The van der Waals surface area contributed by atoms with Crippen LogP contribution in [-0.2, 0) is 33.4 Å². The van der Waals surface area contributed by atoms with Crippen molar-refractivity contribution in [3.8, 4) is 0 Å². The molecule has 0 aliphatic heterocycles. The summed E-state index contributed by atoms with van der Waals surface area (Å²) in [5.41, 5.74) is 0. The highest BCUT2D eigenvalue weighted by Gasteiger charge is 2.21. The van der Waals surface area contributed by atoms with E-state index in [4.69, 9.17) is 19.3 Å². The average molecular weight is 709 g/mol. The number of carbonyl (C=O) groups excluding carboxylic acids is 3. The summed E-state index contributed by atoms with van der Waals surface area (Å²) >= 11 is 0. The molecule has 0 bridgehead atoms. The third-order valence-corrected chi connectivity index (χ3v) is 9.08. The first-order valence-electron chi connectivity index (χ1n) is 20.8. The number of unbranched alkanes of at least 4 members (excludes halogenated alkanes) is 25. The van der Waals surface area contributed by atoms with E-state index in [1.165, 1.54) is 122 Å². The van der Waals surface area contributed by atoms with Gasteiger partial charge in [0, 0.05) is 12.8 Å². The molecule has 0 spiro atoms. The van der Waals surface area contributed by atoms with Crippen LogP contribution in [-0.4, -0.2) is 41.9 Å². The molecular weight excluding hydrogens is 632 g/mol. The largest absolute Gasteiger partial charge is 0.481 e. The molecule has 8 nitrogen and oxygen atoms in total. The summed E-state index contributed by atoms with van der Waals surface area (Å²) in [5.74, 6) is -2.91. The Morgan fingerprint density at radius 3 is 1.18 bits per heavy atom. The fourth-order valence-corrected chi connectivity index (χ4v) is 5.93. The molecule has 0 aliphatic carbocycles. The second-order valence-electron chi connectivity index (χ2n) is 14.0. The number of carbonyl (C=O) groups is 4. The summed E-state index contributed by atoms with van der Waals surface area (Å²) in [6.45, 7) is 4.10. The van der Waals surface area contributed by atoms with Crippen molar-refractivity contribution in [3.05, 3.63) is 12.2 Å². The van der Waals surface area contributed by atoms with Crippen LogP contribution in [0.3, 0.4) is 0 Å². The van der Waals surface area contributed by atoms with Gasteiger partial charge in [-0.2, -0.15) is 0 Å². The Morgan fingerprint density at radius 1 is 0.440 bits per heavy atom. The number of carboxylic acid groups (broad SMARTS) is 1. The van der Waals surface area contributed by atoms with Crippen LogP contribution >= 0.6 is 0 Å². The highest BCUT2D eigenvalue weighted by molar-refractivity contribution is 5.77. The zero-order valence-corrected chi connectivity index (χ0v) is 32.4. The fourth-order valence-electron chi connectivity index (χ4n) is 5.93. The summed E-state index contributed by atoms with van der Waals surface area (Å²) < 4.78 is 15.7. The zero-order valence-electron chi connectivity index (χ0n) is 32.4. The van der Waals surface area contributed by atoms with E-state index in [0.717, 1.165) is 51.4 Å². The number of rotatable bonds is 38. The lowest BCUT2D eigenvalue weighted by Gasteiger charge is -2.18. The summed E-state index contributed by atoms with van der Waals surface area (Å²) in [7, 11) is 0. The van der Waals surface area contributed by atoms with Gasteiger partial charge >= 0.3 is 23.9 Å². The Morgan fingerprint density at radius 2 is 0.780 bits per heavy atom. The Hall–Kier alpha value is -2.38. The van der Waals surface area contributed by atoms with Crippen molar-refractivity contribution in [1.29, 1.82) is 0 Å². The Labute approximate surface area is 306 Å². The van der Waals surface area contributed by atoms with E-state index in [0.29, 0.717) is 6.42 Å². The SMILES string of the molecule is CCCCCCCC/C=C\CCCCCCCC(=O)OC(COC(=O)CCCCCCCCCCCCCCCCC)OC(=O)CCC(=O)O. The molecule has 0 fully saturated rings. The van der Waals surface area contributed by atoms with Gasteiger partial charge in [0.15, 0.2) is 6.61 Å². The second-order valence-corrected chi connectivity index (χ2v) is 14.0. The number of hydrogen-bond donors (Lipinski definition) is 1. The first-order valence-corrected chi connectivity index (χ1v) is 20.8. The quantitative estimate of drug-likeness (QED) is 0.0291. The van der Waals surface area contributed by atoms with Gasteiger partial charge < -0.3 is 19.3 Å². The lowest BCUT2D eigenvalue weighted by atomic mass is 10.0. The van der Waals surface area contributed by atoms with Gasteiger partial charge in [-0.15, -0.1) is 0 Å². The van der Waals surface area contributed by atoms with Gasteiger partial charge in [-0.25, -0.2) is 0 Å². The van der Waals surface area contributed by atoms with E-state index in [1.54, 1.807) is 0 Å². The van der Waals surface area contributed by atoms with Crippen molar-refractivity contribution in [2.24, 2.45) is 0 Å². The van der Waals surface area contributed by atoms with Gasteiger partial charge in [0.1, 0.15) is 0 Å². The van der Waals surface area contributed by atoms with E-state index in [9.17, 15) is 19.2 Å². The first-order chi connectivity index (χ1) is 24.4. The van der Waals surface area contributed by atoms with Crippen molar-refractivity contribution in [1.82, 2.24) is 0 Å². The summed E-state index contributed by atoms with van der Waals surface area (Å²) in [4.78, 5) is 47.7. The highest BCUT2D eigenvalue weighted by atomic mass is 16.7. The van der Waals surface area contributed by atoms with E-state index < -0.39 is 43.2 Å². The predicted octanol–water partition coefficient (Wildman–Crippen LogP) is 12.1. The number of esters is 3. The monoisotopic (exact) mass is 709 g/mol. The zero-order chi connectivity index (χ0) is 36.8. The molecule has 0 rings (SSSR count). The molecule has 0 amide bonds. The van der Waals surface area contributed by atoms with E-state index in [-0.39, 0.29) is 19.3 Å². The van der Waals surface area contributed by atoms with Crippen molar-refractivity contribution in [3.63, 3.8) is 0 Å². The van der Waals surface area contributed by atoms with Crippen LogP contribution < -0.4 is 0 Å².